The van der Waals surface area contributed by atoms with E-state index in [4.69, 9.17) is 0 Å². The molecule has 18 heavy (non-hydrogen) atoms. The Morgan fingerprint density at radius 2 is 2.00 bits per heavy atom. The first-order chi connectivity index (χ1) is 8.58. The highest BCUT2D eigenvalue weighted by Gasteiger charge is 2.17. The van der Waals surface area contributed by atoms with Crippen molar-refractivity contribution in [3.63, 3.8) is 0 Å². The maximum absolute atomic E-state index is 12.0. The molecular formula is C13H11NO3S. The van der Waals surface area contributed by atoms with Crippen LogP contribution in [0.25, 0.3) is 0 Å². The van der Waals surface area contributed by atoms with E-state index in [1.54, 1.807) is 24.3 Å². The molecule has 4 nitrogen and oxygen atoms in total. The number of Topliss-reactive ketones (excluding diaryl/α,β-unsaturated/α-hetero) is 1. The summed E-state index contributed by atoms with van der Waals surface area (Å²) in [6.45, 7) is 1.92. The van der Waals surface area contributed by atoms with Gasteiger partial charge < -0.3 is 0 Å². The Hall–Kier alpha value is -2.01. The van der Waals surface area contributed by atoms with Crippen LogP contribution < -0.4 is 0 Å². The summed E-state index contributed by atoms with van der Waals surface area (Å²) < 4.78 is 0. The van der Waals surface area contributed by atoms with Gasteiger partial charge in [0.05, 0.1) is 9.80 Å². The zero-order valence-electron chi connectivity index (χ0n) is 9.75. The van der Waals surface area contributed by atoms with Gasteiger partial charge in [0.25, 0.3) is 5.69 Å². The number of nitrogens with zero attached hydrogens (tertiary/aromatic N) is 1. The van der Waals surface area contributed by atoms with Crippen LogP contribution in [0.1, 0.15) is 20.1 Å². The standard InChI is InChI=1S/C13H11NO3S/c1-9-6-7-13(18-9)12(15)8-10-4-2-3-5-11(10)14(16)17/h2-7H,8H2,1H3. The topological polar surface area (TPSA) is 60.2 Å². The number of thiophene rings is 1. The quantitative estimate of drug-likeness (QED) is 0.481. The summed E-state index contributed by atoms with van der Waals surface area (Å²) in [7, 11) is 0. The molecule has 0 spiro atoms. The molecule has 0 atom stereocenters. The Labute approximate surface area is 108 Å². The van der Waals surface area contributed by atoms with Crippen molar-refractivity contribution < 1.29 is 9.72 Å². The highest BCUT2D eigenvalue weighted by atomic mass is 32.1. The average Bonchev–Trinajstić information content (AvgIpc) is 2.76. The molecule has 0 saturated heterocycles. The SMILES string of the molecule is Cc1ccc(C(=O)Cc2ccccc2[N+](=O)[O-])s1. The van der Waals surface area contributed by atoms with E-state index in [0.717, 1.165) is 4.88 Å². The predicted octanol–water partition coefficient (Wildman–Crippen LogP) is 3.39. The minimum absolute atomic E-state index is 0.000807. The van der Waals surface area contributed by atoms with E-state index in [0.29, 0.717) is 10.4 Å². The summed E-state index contributed by atoms with van der Waals surface area (Å²) in [5.41, 5.74) is 0.456. The molecule has 1 aromatic heterocycles. The molecule has 0 aliphatic heterocycles. The van der Waals surface area contributed by atoms with Gasteiger partial charge in [-0.25, -0.2) is 0 Å². The van der Waals surface area contributed by atoms with Crippen LogP contribution in [0, 0.1) is 17.0 Å². The smallest absolute Gasteiger partial charge is 0.273 e. The Bertz CT molecular complexity index is 604. The van der Waals surface area contributed by atoms with Crippen LogP contribution in [-0.2, 0) is 6.42 Å². The zero-order valence-corrected chi connectivity index (χ0v) is 10.6. The lowest BCUT2D eigenvalue weighted by Crippen LogP contribution is -2.04. The second-order valence-corrected chi connectivity index (χ2v) is 5.18. The van der Waals surface area contributed by atoms with Gasteiger partial charge in [-0.05, 0) is 19.1 Å². The lowest BCUT2D eigenvalue weighted by molar-refractivity contribution is -0.385. The van der Waals surface area contributed by atoms with Gasteiger partial charge in [-0.3, -0.25) is 14.9 Å². The molecule has 0 bridgehead atoms. The van der Waals surface area contributed by atoms with Crippen molar-refractivity contribution in [2.75, 3.05) is 0 Å². The van der Waals surface area contributed by atoms with Crippen LogP contribution in [0.2, 0.25) is 0 Å². The molecule has 1 aromatic carbocycles. The molecule has 0 saturated carbocycles. The van der Waals surface area contributed by atoms with Gasteiger partial charge in [0.2, 0.25) is 0 Å². The molecule has 1 heterocycles. The van der Waals surface area contributed by atoms with Gasteiger partial charge in [0, 0.05) is 22.9 Å². The fourth-order valence-corrected chi connectivity index (χ4v) is 2.49. The fraction of sp³-hybridized carbons (Fsp3) is 0.154. The third-order valence-electron chi connectivity index (χ3n) is 2.55. The third-order valence-corrected chi connectivity index (χ3v) is 3.60. The summed E-state index contributed by atoms with van der Waals surface area (Å²) in [4.78, 5) is 24.1. The summed E-state index contributed by atoms with van der Waals surface area (Å²) >= 11 is 1.41. The van der Waals surface area contributed by atoms with Crippen LogP contribution in [0.3, 0.4) is 0 Å². The van der Waals surface area contributed by atoms with Crippen molar-refractivity contribution >= 4 is 22.8 Å². The Kier molecular flexibility index (Phi) is 3.53. The first-order valence-electron chi connectivity index (χ1n) is 5.40. The maximum atomic E-state index is 12.0. The van der Waals surface area contributed by atoms with Gasteiger partial charge in [0.15, 0.2) is 5.78 Å². The van der Waals surface area contributed by atoms with Crippen LogP contribution in [0.5, 0.6) is 0 Å². The van der Waals surface area contributed by atoms with Crippen LogP contribution in [-0.4, -0.2) is 10.7 Å². The van der Waals surface area contributed by atoms with Crippen molar-refractivity contribution in [2.45, 2.75) is 13.3 Å². The summed E-state index contributed by atoms with van der Waals surface area (Å²) in [6, 6.07) is 9.98. The molecule has 0 radical (unpaired) electrons. The zero-order chi connectivity index (χ0) is 13.1. The van der Waals surface area contributed by atoms with Crippen LogP contribution in [0.4, 0.5) is 5.69 Å². The minimum atomic E-state index is -0.456. The number of carbonyl (C=O) groups is 1. The van der Waals surface area contributed by atoms with E-state index in [-0.39, 0.29) is 17.9 Å². The Balaban J connectivity index is 2.24. The van der Waals surface area contributed by atoms with E-state index < -0.39 is 4.92 Å². The fourth-order valence-electron chi connectivity index (χ4n) is 1.68. The summed E-state index contributed by atoms with van der Waals surface area (Å²) in [6.07, 6.45) is 0.0666. The van der Waals surface area contributed by atoms with E-state index in [1.165, 1.54) is 17.4 Å². The minimum Gasteiger partial charge on any atom is -0.293 e. The molecule has 2 rings (SSSR count). The van der Waals surface area contributed by atoms with Crippen molar-refractivity contribution in [1.29, 1.82) is 0 Å². The van der Waals surface area contributed by atoms with E-state index >= 15 is 0 Å². The monoisotopic (exact) mass is 261 g/mol. The molecule has 0 unspecified atom stereocenters. The number of carbonyl (C=O) groups excluding carboxylic acids is 1. The first-order valence-corrected chi connectivity index (χ1v) is 6.21. The highest BCUT2D eigenvalue weighted by molar-refractivity contribution is 7.14. The molecule has 0 aliphatic rings. The first kappa shape index (κ1) is 12.4. The van der Waals surface area contributed by atoms with Crippen molar-refractivity contribution in [3.8, 4) is 0 Å². The molecule has 92 valence electrons. The number of hydrogen-bond acceptors (Lipinski definition) is 4. The summed E-state index contributed by atoms with van der Waals surface area (Å²) in [5.74, 6) is -0.0811. The van der Waals surface area contributed by atoms with Crippen LogP contribution in [0.15, 0.2) is 36.4 Å². The molecule has 5 heteroatoms. The number of aryl methyl sites for hydroxylation is 1. The van der Waals surface area contributed by atoms with E-state index in [1.807, 2.05) is 13.0 Å². The Morgan fingerprint density at radius 1 is 1.28 bits per heavy atom. The van der Waals surface area contributed by atoms with E-state index in [2.05, 4.69) is 0 Å². The highest BCUT2D eigenvalue weighted by Crippen LogP contribution is 2.22. The van der Waals surface area contributed by atoms with Gasteiger partial charge in [-0.2, -0.15) is 0 Å². The van der Waals surface area contributed by atoms with Gasteiger partial charge in [-0.1, -0.05) is 18.2 Å². The van der Waals surface area contributed by atoms with Crippen molar-refractivity contribution in [1.82, 2.24) is 0 Å². The normalized spacial score (nSPS) is 10.3. The molecule has 0 N–H and O–H groups in total. The van der Waals surface area contributed by atoms with Gasteiger partial charge in [-0.15, -0.1) is 11.3 Å². The Morgan fingerprint density at radius 3 is 2.61 bits per heavy atom. The molecule has 2 aromatic rings. The average molecular weight is 261 g/mol. The molecule has 0 fully saturated rings. The van der Waals surface area contributed by atoms with Gasteiger partial charge in [0.1, 0.15) is 0 Å². The number of para-hydroxylation sites is 1. The second-order valence-electron chi connectivity index (χ2n) is 3.90. The van der Waals surface area contributed by atoms with Crippen molar-refractivity contribution in [2.24, 2.45) is 0 Å². The number of rotatable bonds is 4. The maximum Gasteiger partial charge on any atom is 0.273 e. The second kappa shape index (κ2) is 5.10. The van der Waals surface area contributed by atoms with Gasteiger partial charge >= 0.3 is 0 Å². The predicted molar refractivity (Wildman–Crippen MR) is 70.2 cm³/mol. The molecular weight excluding hydrogens is 250 g/mol. The number of ketones is 1. The number of benzene rings is 1. The van der Waals surface area contributed by atoms with Crippen molar-refractivity contribution in [3.05, 3.63) is 61.8 Å². The third kappa shape index (κ3) is 2.62. The number of nitro groups is 1. The number of nitro benzene ring substituents is 1. The molecule has 0 aliphatic carbocycles. The number of hydrogen-bond donors (Lipinski definition) is 0. The lowest BCUT2D eigenvalue weighted by Gasteiger charge is -2.00. The van der Waals surface area contributed by atoms with Crippen LogP contribution >= 0.6 is 11.3 Å². The van der Waals surface area contributed by atoms with E-state index in [9.17, 15) is 14.9 Å². The lowest BCUT2D eigenvalue weighted by atomic mass is 10.1. The largest absolute Gasteiger partial charge is 0.293 e. The summed E-state index contributed by atoms with van der Waals surface area (Å²) in [5, 5.41) is 10.8. The molecule has 0 amide bonds.